The van der Waals surface area contributed by atoms with E-state index in [1.807, 2.05) is 19.9 Å². The fourth-order valence-electron chi connectivity index (χ4n) is 3.26. The first-order valence-electron chi connectivity index (χ1n) is 7.58. The molecule has 4 nitrogen and oxygen atoms in total. The molecule has 2 atom stereocenters. The van der Waals surface area contributed by atoms with E-state index in [-0.39, 0.29) is 18.0 Å². The number of hydrogen-bond acceptors (Lipinski definition) is 4. The summed E-state index contributed by atoms with van der Waals surface area (Å²) in [5.41, 5.74) is 1.05. The maximum Gasteiger partial charge on any atom is 0.320 e. The molecule has 2 aliphatic rings. The first kappa shape index (κ1) is 16.4. The van der Waals surface area contributed by atoms with Gasteiger partial charge in [-0.1, -0.05) is 23.3 Å². The van der Waals surface area contributed by atoms with Crippen molar-refractivity contribution < 1.29 is 19.1 Å². The number of hydrogen-bond donors (Lipinski definition) is 0. The van der Waals surface area contributed by atoms with E-state index in [9.17, 15) is 14.4 Å². The molecule has 0 fully saturated rings. The lowest BCUT2D eigenvalue weighted by atomic mass is 9.60. The van der Waals surface area contributed by atoms with Crippen molar-refractivity contribution in [1.82, 2.24) is 0 Å². The van der Waals surface area contributed by atoms with E-state index in [4.69, 9.17) is 4.74 Å². The van der Waals surface area contributed by atoms with Gasteiger partial charge in [0.1, 0.15) is 5.41 Å². The second-order valence-corrected chi connectivity index (χ2v) is 6.21. The summed E-state index contributed by atoms with van der Waals surface area (Å²) in [6.45, 7) is 4.09. The number of methoxy groups -OCH3 is 1. The molecule has 2 aliphatic carbocycles. The van der Waals surface area contributed by atoms with Crippen LogP contribution in [-0.4, -0.2) is 24.6 Å². The summed E-state index contributed by atoms with van der Waals surface area (Å²) in [5.74, 6) is -1.69. The highest BCUT2D eigenvalue weighted by molar-refractivity contribution is 6.18. The zero-order chi connectivity index (χ0) is 16.3. The van der Waals surface area contributed by atoms with Crippen LogP contribution in [0.5, 0.6) is 0 Å². The molecule has 0 aromatic heterocycles. The van der Waals surface area contributed by atoms with Crippen LogP contribution in [0.25, 0.3) is 0 Å². The minimum atomic E-state index is -1.35. The normalized spacial score (nSPS) is 27.0. The van der Waals surface area contributed by atoms with Crippen molar-refractivity contribution in [2.75, 3.05) is 7.11 Å². The van der Waals surface area contributed by atoms with Crippen molar-refractivity contribution in [3.63, 3.8) is 0 Å². The Bertz CT molecular complexity index is 590. The van der Waals surface area contributed by atoms with Gasteiger partial charge in [-0.2, -0.15) is 0 Å². The molecule has 0 heterocycles. The van der Waals surface area contributed by atoms with Crippen LogP contribution in [0.1, 0.15) is 39.5 Å². The third-order valence-corrected chi connectivity index (χ3v) is 4.52. The van der Waals surface area contributed by atoms with Gasteiger partial charge in [0.15, 0.2) is 11.6 Å². The molecule has 22 heavy (non-hydrogen) atoms. The third kappa shape index (κ3) is 2.82. The molecule has 0 saturated heterocycles. The van der Waals surface area contributed by atoms with Crippen molar-refractivity contribution in [2.24, 2.45) is 11.3 Å². The lowest BCUT2D eigenvalue weighted by molar-refractivity contribution is -0.163. The van der Waals surface area contributed by atoms with Gasteiger partial charge in [0.2, 0.25) is 0 Å². The zero-order valence-corrected chi connectivity index (χ0v) is 13.3. The standard InChI is InChI=1S/C18H22O4/c1-12(2)5-4-6-13-9-10-18(17(21)22-3)14(11-13)15(19)7-8-16(18)20/h5,7-9,14H,4,6,10-11H2,1-3H3/t14?,18-/m0/s1. The van der Waals surface area contributed by atoms with Crippen LogP contribution >= 0.6 is 0 Å². The number of allylic oxidation sites excluding steroid dienone is 6. The highest BCUT2D eigenvalue weighted by Gasteiger charge is 2.56. The molecule has 118 valence electrons. The van der Waals surface area contributed by atoms with Gasteiger partial charge in [-0.25, -0.2) is 0 Å². The largest absolute Gasteiger partial charge is 0.468 e. The van der Waals surface area contributed by atoms with Crippen LogP contribution in [0.3, 0.4) is 0 Å². The fraction of sp³-hybridized carbons (Fsp3) is 0.500. The lowest BCUT2D eigenvalue weighted by Gasteiger charge is -2.39. The average molecular weight is 302 g/mol. The number of ketones is 2. The SMILES string of the molecule is COC(=O)[C@@]12CC=C(CCC=C(C)C)CC1C(=O)C=CC2=O. The van der Waals surface area contributed by atoms with Gasteiger partial charge in [-0.05, 0) is 51.7 Å². The molecule has 1 unspecified atom stereocenters. The van der Waals surface area contributed by atoms with Crippen molar-refractivity contribution in [3.05, 3.63) is 35.5 Å². The molecule has 0 spiro atoms. The molecule has 0 radical (unpaired) electrons. The first-order chi connectivity index (χ1) is 10.4. The summed E-state index contributed by atoms with van der Waals surface area (Å²) < 4.78 is 4.83. The molecule has 0 aromatic carbocycles. The third-order valence-electron chi connectivity index (χ3n) is 4.52. The number of carbonyl (C=O) groups excluding carboxylic acids is 3. The van der Waals surface area contributed by atoms with Crippen molar-refractivity contribution >= 4 is 17.5 Å². The number of esters is 1. The number of ether oxygens (including phenoxy) is 1. The molecule has 2 rings (SSSR count). The highest BCUT2D eigenvalue weighted by Crippen LogP contribution is 2.46. The smallest absolute Gasteiger partial charge is 0.320 e. The van der Waals surface area contributed by atoms with Crippen LogP contribution < -0.4 is 0 Å². The predicted molar refractivity (Wildman–Crippen MR) is 83.1 cm³/mol. The summed E-state index contributed by atoms with van der Waals surface area (Å²) in [4.78, 5) is 36.8. The van der Waals surface area contributed by atoms with Gasteiger partial charge in [-0.15, -0.1) is 0 Å². The molecule has 0 saturated carbocycles. The molecule has 4 heteroatoms. The van der Waals surface area contributed by atoms with E-state index in [1.54, 1.807) is 0 Å². The molecular formula is C18H22O4. The summed E-state index contributed by atoms with van der Waals surface area (Å²) in [5, 5.41) is 0. The van der Waals surface area contributed by atoms with E-state index in [0.717, 1.165) is 18.4 Å². The van der Waals surface area contributed by atoms with E-state index in [1.165, 1.54) is 24.8 Å². The van der Waals surface area contributed by atoms with Crippen LogP contribution in [0.2, 0.25) is 0 Å². The first-order valence-corrected chi connectivity index (χ1v) is 7.58. The Balaban J connectivity index is 2.27. The molecular weight excluding hydrogens is 280 g/mol. The lowest BCUT2D eigenvalue weighted by Crippen LogP contribution is -2.51. The highest BCUT2D eigenvalue weighted by atomic mass is 16.5. The number of fused-ring (bicyclic) bond motifs is 1. The Hall–Kier alpha value is -1.97. The van der Waals surface area contributed by atoms with Gasteiger partial charge < -0.3 is 4.74 Å². The Morgan fingerprint density at radius 1 is 1.36 bits per heavy atom. The van der Waals surface area contributed by atoms with Gasteiger partial charge in [-0.3, -0.25) is 14.4 Å². The zero-order valence-electron chi connectivity index (χ0n) is 13.3. The Labute approximate surface area is 130 Å². The predicted octanol–water partition coefficient (Wildman–Crippen LogP) is 2.94. The van der Waals surface area contributed by atoms with Crippen LogP contribution in [0.15, 0.2) is 35.5 Å². The van der Waals surface area contributed by atoms with Crippen LogP contribution in [0, 0.1) is 11.3 Å². The number of rotatable bonds is 4. The second kappa shape index (κ2) is 6.42. The van der Waals surface area contributed by atoms with Gasteiger partial charge >= 0.3 is 5.97 Å². The van der Waals surface area contributed by atoms with Crippen molar-refractivity contribution in [2.45, 2.75) is 39.5 Å². The Kier molecular flexibility index (Phi) is 4.79. The van der Waals surface area contributed by atoms with E-state index in [2.05, 4.69) is 6.08 Å². The second-order valence-electron chi connectivity index (χ2n) is 6.21. The van der Waals surface area contributed by atoms with Crippen molar-refractivity contribution in [3.8, 4) is 0 Å². The van der Waals surface area contributed by atoms with E-state index in [0.29, 0.717) is 6.42 Å². The number of carbonyl (C=O) groups is 3. The maximum atomic E-state index is 12.3. The molecule has 0 aromatic rings. The molecule has 0 aliphatic heterocycles. The maximum absolute atomic E-state index is 12.3. The minimum Gasteiger partial charge on any atom is -0.468 e. The van der Waals surface area contributed by atoms with Crippen LogP contribution in [0.4, 0.5) is 0 Å². The molecule has 0 N–H and O–H groups in total. The van der Waals surface area contributed by atoms with Gasteiger partial charge in [0.05, 0.1) is 7.11 Å². The average Bonchev–Trinajstić information content (AvgIpc) is 2.50. The van der Waals surface area contributed by atoms with Gasteiger partial charge in [0.25, 0.3) is 0 Å². The van der Waals surface area contributed by atoms with Crippen molar-refractivity contribution in [1.29, 1.82) is 0 Å². The van der Waals surface area contributed by atoms with E-state index < -0.39 is 17.3 Å². The topological polar surface area (TPSA) is 60.4 Å². The minimum absolute atomic E-state index is 0.155. The molecule has 0 bridgehead atoms. The molecule has 0 amide bonds. The monoisotopic (exact) mass is 302 g/mol. The Morgan fingerprint density at radius 2 is 2.09 bits per heavy atom. The quantitative estimate of drug-likeness (QED) is 0.455. The summed E-state index contributed by atoms with van der Waals surface area (Å²) in [7, 11) is 1.26. The summed E-state index contributed by atoms with van der Waals surface area (Å²) in [6, 6.07) is 0. The van der Waals surface area contributed by atoms with Gasteiger partial charge in [0, 0.05) is 5.92 Å². The summed E-state index contributed by atoms with van der Waals surface area (Å²) >= 11 is 0. The van der Waals surface area contributed by atoms with Crippen LogP contribution in [-0.2, 0) is 19.1 Å². The van der Waals surface area contributed by atoms with E-state index >= 15 is 0 Å². The Morgan fingerprint density at radius 3 is 2.73 bits per heavy atom. The fourth-order valence-corrected chi connectivity index (χ4v) is 3.26. The summed E-state index contributed by atoms with van der Waals surface area (Å²) in [6.07, 6.45) is 9.08.